The second-order valence-electron chi connectivity index (χ2n) is 8.67. The molecule has 0 aromatic heterocycles. The molecular weight excluding hydrogens is 396 g/mol. The summed E-state index contributed by atoms with van der Waals surface area (Å²) in [5.41, 5.74) is 2.73. The predicted molar refractivity (Wildman–Crippen MR) is 133 cm³/mol. The molecule has 0 atom stereocenters. The van der Waals surface area contributed by atoms with Crippen LogP contribution in [0.25, 0.3) is 11.1 Å². The first-order chi connectivity index (χ1) is 15.6. The van der Waals surface area contributed by atoms with Crippen molar-refractivity contribution in [3.05, 3.63) is 54.1 Å². The molecule has 0 fully saturated rings. The molecule has 2 aromatic rings. The number of hydrogen-bond donors (Lipinski definition) is 0. The lowest BCUT2D eigenvalue weighted by Crippen LogP contribution is -2.07. The lowest BCUT2D eigenvalue weighted by atomic mass is 10.00. The van der Waals surface area contributed by atoms with Crippen molar-refractivity contribution < 1.29 is 14.3 Å². The normalized spacial score (nSPS) is 10.8. The van der Waals surface area contributed by atoms with E-state index in [2.05, 4.69) is 6.92 Å². The highest BCUT2D eigenvalue weighted by atomic mass is 16.5. The highest BCUT2D eigenvalue weighted by Gasteiger charge is 2.11. The average molecular weight is 437 g/mol. The molecule has 0 spiro atoms. The van der Waals surface area contributed by atoms with Gasteiger partial charge in [0.2, 0.25) is 0 Å². The van der Waals surface area contributed by atoms with Gasteiger partial charge in [-0.05, 0) is 36.1 Å². The second kappa shape index (κ2) is 15.4. The third-order valence-electron chi connectivity index (χ3n) is 5.80. The van der Waals surface area contributed by atoms with Gasteiger partial charge in [0.15, 0.2) is 5.78 Å². The van der Waals surface area contributed by atoms with E-state index in [4.69, 9.17) is 4.74 Å². The molecule has 0 aliphatic heterocycles. The number of benzene rings is 2. The van der Waals surface area contributed by atoms with Crippen LogP contribution in [-0.2, 0) is 4.79 Å². The Morgan fingerprint density at radius 2 is 1.19 bits per heavy atom. The largest absolute Gasteiger partial charge is 0.494 e. The molecule has 0 heterocycles. The zero-order valence-electron chi connectivity index (χ0n) is 20.0. The molecule has 2 aromatic carbocycles. The van der Waals surface area contributed by atoms with Gasteiger partial charge in [0.05, 0.1) is 13.0 Å². The summed E-state index contributed by atoms with van der Waals surface area (Å²) in [7, 11) is 0. The van der Waals surface area contributed by atoms with Gasteiger partial charge in [-0.2, -0.15) is 0 Å². The fraction of sp³-hybridized carbons (Fsp3) is 0.517. The number of carbonyl (C=O) groups is 2. The maximum atomic E-state index is 12.2. The van der Waals surface area contributed by atoms with Crippen LogP contribution < -0.4 is 4.74 Å². The maximum absolute atomic E-state index is 12.2. The van der Waals surface area contributed by atoms with Gasteiger partial charge in [0.1, 0.15) is 11.5 Å². The summed E-state index contributed by atoms with van der Waals surface area (Å²) < 4.78 is 5.89. The Morgan fingerprint density at radius 1 is 0.656 bits per heavy atom. The Bertz CT molecular complexity index is 790. The third kappa shape index (κ3) is 9.80. The van der Waals surface area contributed by atoms with Crippen LogP contribution in [0.3, 0.4) is 0 Å². The van der Waals surface area contributed by atoms with Crippen LogP contribution in [0.2, 0.25) is 0 Å². The summed E-state index contributed by atoms with van der Waals surface area (Å²) in [6, 6.07) is 15.6. The van der Waals surface area contributed by atoms with E-state index < -0.39 is 0 Å². The predicted octanol–water partition coefficient (Wildman–Crippen LogP) is 8.21. The molecule has 174 valence electrons. The van der Waals surface area contributed by atoms with Crippen LogP contribution in [0.4, 0.5) is 0 Å². The molecular formula is C29H40O3. The summed E-state index contributed by atoms with van der Waals surface area (Å²) in [5, 5.41) is 0. The molecule has 0 saturated heterocycles. The number of unbranched alkanes of at least 4 members (excludes halogenated alkanes) is 8. The lowest BCUT2D eigenvalue weighted by molar-refractivity contribution is -0.118. The van der Waals surface area contributed by atoms with E-state index in [-0.39, 0.29) is 18.0 Å². The molecule has 0 saturated carbocycles. The first-order valence-corrected chi connectivity index (χ1v) is 12.5. The molecule has 32 heavy (non-hydrogen) atoms. The number of carbonyl (C=O) groups excluding carboxylic acids is 2. The highest BCUT2D eigenvalue weighted by molar-refractivity contribution is 6.08. The van der Waals surface area contributed by atoms with E-state index >= 15 is 0 Å². The van der Waals surface area contributed by atoms with Gasteiger partial charge in [-0.3, -0.25) is 9.59 Å². The minimum absolute atomic E-state index is 0.00180. The number of ketones is 2. The van der Waals surface area contributed by atoms with E-state index in [1.54, 1.807) is 0 Å². The molecule has 0 unspecified atom stereocenters. The van der Waals surface area contributed by atoms with Gasteiger partial charge in [0, 0.05) is 12.0 Å². The molecule has 3 nitrogen and oxygen atoms in total. The van der Waals surface area contributed by atoms with E-state index in [0.717, 1.165) is 36.3 Å². The van der Waals surface area contributed by atoms with Crippen molar-refractivity contribution >= 4 is 11.6 Å². The van der Waals surface area contributed by atoms with Gasteiger partial charge in [-0.15, -0.1) is 0 Å². The molecule has 0 radical (unpaired) electrons. The Hall–Kier alpha value is -2.42. The van der Waals surface area contributed by atoms with Crippen LogP contribution >= 0.6 is 0 Å². The van der Waals surface area contributed by atoms with Crippen molar-refractivity contribution in [1.29, 1.82) is 0 Å². The van der Waals surface area contributed by atoms with Gasteiger partial charge in [-0.25, -0.2) is 0 Å². The molecule has 0 amide bonds. The highest BCUT2D eigenvalue weighted by Crippen LogP contribution is 2.23. The average Bonchev–Trinajstić information content (AvgIpc) is 2.81. The van der Waals surface area contributed by atoms with E-state index in [9.17, 15) is 9.59 Å². The molecule has 0 bridgehead atoms. The maximum Gasteiger partial charge on any atom is 0.170 e. The van der Waals surface area contributed by atoms with Crippen molar-refractivity contribution in [3.63, 3.8) is 0 Å². The first-order valence-electron chi connectivity index (χ1n) is 12.5. The Balaban J connectivity index is 1.70. The summed E-state index contributed by atoms with van der Waals surface area (Å²) in [6.07, 6.45) is 13.1. The van der Waals surface area contributed by atoms with Gasteiger partial charge in [0.25, 0.3) is 0 Å². The molecule has 0 aliphatic rings. The Kier molecular flexibility index (Phi) is 12.4. The van der Waals surface area contributed by atoms with Gasteiger partial charge >= 0.3 is 0 Å². The minimum Gasteiger partial charge on any atom is -0.494 e. The Morgan fingerprint density at radius 3 is 1.75 bits per heavy atom. The summed E-state index contributed by atoms with van der Waals surface area (Å²) in [6.45, 7) is 4.97. The van der Waals surface area contributed by atoms with Crippen molar-refractivity contribution in [2.75, 3.05) is 6.61 Å². The number of rotatable bonds is 17. The Labute approximate surface area is 194 Å². The van der Waals surface area contributed by atoms with Gasteiger partial charge < -0.3 is 4.74 Å². The quantitative estimate of drug-likeness (QED) is 0.143. The summed E-state index contributed by atoms with van der Waals surface area (Å²) in [4.78, 5) is 23.9. The fourth-order valence-electron chi connectivity index (χ4n) is 3.84. The molecule has 0 aliphatic carbocycles. The van der Waals surface area contributed by atoms with Crippen LogP contribution in [0, 0.1) is 0 Å². The third-order valence-corrected chi connectivity index (χ3v) is 5.80. The van der Waals surface area contributed by atoms with Crippen molar-refractivity contribution in [2.24, 2.45) is 0 Å². The molecule has 2 rings (SSSR count). The minimum atomic E-state index is -0.102. The smallest absolute Gasteiger partial charge is 0.170 e. The number of Topliss-reactive ketones (excluding diaryl/α,β-unsaturated/α-hetero) is 2. The molecule has 3 heteroatoms. The van der Waals surface area contributed by atoms with Crippen LogP contribution in [-0.4, -0.2) is 18.2 Å². The van der Waals surface area contributed by atoms with Crippen molar-refractivity contribution in [2.45, 2.75) is 90.9 Å². The lowest BCUT2D eigenvalue weighted by Gasteiger charge is -2.08. The van der Waals surface area contributed by atoms with Crippen molar-refractivity contribution in [1.82, 2.24) is 0 Å². The number of hydrogen-bond acceptors (Lipinski definition) is 3. The zero-order chi connectivity index (χ0) is 23.0. The van der Waals surface area contributed by atoms with Gasteiger partial charge in [-0.1, -0.05) is 102 Å². The van der Waals surface area contributed by atoms with E-state index in [1.165, 1.54) is 51.4 Å². The number of ether oxygens (including phenoxy) is 1. The summed E-state index contributed by atoms with van der Waals surface area (Å²) in [5.74, 6) is 0.810. The van der Waals surface area contributed by atoms with E-state index in [1.807, 2.05) is 55.5 Å². The van der Waals surface area contributed by atoms with Crippen LogP contribution in [0.15, 0.2) is 48.5 Å². The van der Waals surface area contributed by atoms with Crippen molar-refractivity contribution in [3.8, 4) is 16.9 Å². The fourth-order valence-corrected chi connectivity index (χ4v) is 3.84. The summed E-state index contributed by atoms with van der Waals surface area (Å²) >= 11 is 0. The topological polar surface area (TPSA) is 43.4 Å². The second-order valence-corrected chi connectivity index (χ2v) is 8.67. The van der Waals surface area contributed by atoms with E-state index in [0.29, 0.717) is 12.0 Å². The van der Waals surface area contributed by atoms with Crippen LogP contribution in [0.1, 0.15) is 101 Å². The molecule has 0 N–H and O–H groups in total. The first kappa shape index (κ1) is 25.8. The van der Waals surface area contributed by atoms with Crippen LogP contribution in [0.5, 0.6) is 5.75 Å². The standard InChI is InChI=1S/C29H40O3/c1-3-5-6-7-8-9-10-11-12-22-32-28-20-18-25(19-21-28)24-14-16-26(17-15-24)29(31)23-27(30)13-4-2/h14-21H,3-13,22-23H2,1-2H3. The SMILES string of the molecule is CCCCCCCCCCCOc1ccc(-c2ccc(C(=O)CC(=O)CCC)cc2)cc1. The monoisotopic (exact) mass is 436 g/mol. The zero-order valence-corrected chi connectivity index (χ0v) is 20.0.